The molecule has 0 unspecified atom stereocenters. The number of hydrogen-bond acceptors (Lipinski definition) is 3. The number of carbonyl (C=O) groups is 1. The van der Waals surface area contributed by atoms with Gasteiger partial charge < -0.3 is 14.8 Å². The van der Waals surface area contributed by atoms with Crippen LogP contribution in [0.5, 0.6) is 5.75 Å². The van der Waals surface area contributed by atoms with E-state index in [0.717, 1.165) is 17.6 Å². The number of carbonyl (C=O) groups excluding carboxylic acids is 1. The summed E-state index contributed by atoms with van der Waals surface area (Å²) in [7, 11) is 1.64. The second-order valence-corrected chi connectivity index (χ2v) is 4.08. The maximum absolute atomic E-state index is 10.9. The predicted octanol–water partition coefficient (Wildman–Crippen LogP) is 1.80. The van der Waals surface area contributed by atoms with E-state index in [4.69, 9.17) is 4.74 Å². The van der Waals surface area contributed by atoms with Crippen LogP contribution in [0.25, 0.3) is 0 Å². The van der Waals surface area contributed by atoms with Crippen LogP contribution >= 0.6 is 0 Å². The lowest BCUT2D eigenvalue weighted by molar-refractivity contribution is -0.109. The van der Waals surface area contributed by atoms with Crippen molar-refractivity contribution in [2.45, 2.75) is 32.4 Å². The highest BCUT2D eigenvalue weighted by Gasteiger charge is 2.11. The van der Waals surface area contributed by atoms with Crippen molar-refractivity contribution in [3.8, 4) is 5.75 Å². The van der Waals surface area contributed by atoms with Gasteiger partial charge in [-0.3, -0.25) is 0 Å². The molecule has 16 heavy (non-hydrogen) atoms. The number of aldehydes is 1. The standard InChI is InChI=1S/C13H19NO2/c1-10(2)14-12(9-15)8-11-6-4-5-7-13(11)16-3/h4-7,9-10,12,14H,8H2,1-3H3/t12-/m0/s1. The fourth-order valence-electron chi connectivity index (χ4n) is 1.68. The largest absolute Gasteiger partial charge is 0.496 e. The number of benzene rings is 1. The Morgan fingerprint density at radius 2 is 2.06 bits per heavy atom. The SMILES string of the molecule is COc1ccccc1C[C@@H](C=O)NC(C)C. The van der Waals surface area contributed by atoms with Gasteiger partial charge in [0.1, 0.15) is 12.0 Å². The molecule has 0 saturated carbocycles. The number of ether oxygens (including phenoxy) is 1. The highest BCUT2D eigenvalue weighted by molar-refractivity contribution is 5.59. The molecular formula is C13H19NO2. The van der Waals surface area contributed by atoms with Gasteiger partial charge in [-0.15, -0.1) is 0 Å². The Kier molecular flexibility index (Phi) is 4.99. The molecule has 3 heteroatoms. The Morgan fingerprint density at radius 3 is 2.62 bits per heavy atom. The molecule has 0 radical (unpaired) electrons. The monoisotopic (exact) mass is 221 g/mol. The molecule has 0 saturated heterocycles. The average molecular weight is 221 g/mol. The Hall–Kier alpha value is -1.35. The van der Waals surface area contributed by atoms with Gasteiger partial charge in [0.05, 0.1) is 13.2 Å². The smallest absolute Gasteiger partial charge is 0.137 e. The summed E-state index contributed by atoms with van der Waals surface area (Å²) < 4.78 is 5.25. The van der Waals surface area contributed by atoms with Gasteiger partial charge in [-0.05, 0) is 18.1 Å². The summed E-state index contributed by atoms with van der Waals surface area (Å²) in [6.45, 7) is 4.05. The average Bonchev–Trinajstić information content (AvgIpc) is 2.28. The van der Waals surface area contributed by atoms with Crippen molar-refractivity contribution < 1.29 is 9.53 Å². The zero-order valence-corrected chi connectivity index (χ0v) is 10.1. The van der Waals surface area contributed by atoms with E-state index in [9.17, 15) is 4.79 Å². The maximum Gasteiger partial charge on any atom is 0.137 e. The Balaban J connectivity index is 2.73. The third-order valence-corrected chi connectivity index (χ3v) is 2.34. The quantitative estimate of drug-likeness (QED) is 0.744. The van der Waals surface area contributed by atoms with Gasteiger partial charge in [0.15, 0.2) is 0 Å². The first-order chi connectivity index (χ1) is 7.67. The molecule has 0 aromatic heterocycles. The van der Waals surface area contributed by atoms with Crippen LogP contribution in [0.3, 0.4) is 0 Å². The second-order valence-electron chi connectivity index (χ2n) is 4.08. The summed E-state index contributed by atoms with van der Waals surface area (Å²) in [6.07, 6.45) is 1.61. The third-order valence-electron chi connectivity index (χ3n) is 2.34. The van der Waals surface area contributed by atoms with Crippen molar-refractivity contribution in [3.05, 3.63) is 29.8 Å². The van der Waals surface area contributed by atoms with Crippen LogP contribution in [0.2, 0.25) is 0 Å². The van der Waals surface area contributed by atoms with Gasteiger partial charge >= 0.3 is 0 Å². The van der Waals surface area contributed by atoms with Crippen LogP contribution in [0.15, 0.2) is 24.3 Å². The zero-order valence-electron chi connectivity index (χ0n) is 10.1. The predicted molar refractivity (Wildman–Crippen MR) is 64.8 cm³/mol. The highest BCUT2D eigenvalue weighted by Crippen LogP contribution is 2.18. The molecule has 1 atom stereocenters. The van der Waals surface area contributed by atoms with Gasteiger partial charge in [0.25, 0.3) is 0 Å². The van der Waals surface area contributed by atoms with E-state index in [1.54, 1.807) is 7.11 Å². The van der Waals surface area contributed by atoms with Gasteiger partial charge in [-0.1, -0.05) is 32.0 Å². The van der Waals surface area contributed by atoms with Crippen molar-refractivity contribution >= 4 is 6.29 Å². The Bertz CT molecular complexity index is 336. The number of para-hydroxylation sites is 1. The molecule has 0 aliphatic heterocycles. The van der Waals surface area contributed by atoms with Crippen LogP contribution in [0.1, 0.15) is 19.4 Å². The summed E-state index contributed by atoms with van der Waals surface area (Å²) >= 11 is 0. The van der Waals surface area contributed by atoms with Crippen molar-refractivity contribution in [1.82, 2.24) is 5.32 Å². The third kappa shape index (κ3) is 3.66. The molecule has 1 rings (SSSR count). The molecule has 0 aliphatic carbocycles. The van der Waals surface area contributed by atoms with Crippen molar-refractivity contribution in [2.75, 3.05) is 7.11 Å². The minimum atomic E-state index is -0.156. The topological polar surface area (TPSA) is 38.3 Å². The molecule has 0 amide bonds. The van der Waals surface area contributed by atoms with E-state index in [-0.39, 0.29) is 6.04 Å². The number of nitrogens with one attached hydrogen (secondary N) is 1. The van der Waals surface area contributed by atoms with E-state index in [1.807, 2.05) is 38.1 Å². The molecule has 0 bridgehead atoms. The van der Waals surface area contributed by atoms with Gasteiger partial charge in [0, 0.05) is 6.04 Å². The summed E-state index contributed by atoms with van der Waals surface area (Å²) in [4.78, 5) is 10.9. The number of methoxy groups -OCH3 is 1. The van der Waals surface area contributed by atoms with Crippen LogP contribution in [-0.4, -0.2) is 25.5 Å². The van der Waals surface area contributed by atoms with Crippen molar-refractivity contribution in [2.24, 2.45) is 0 Å². The lowest BCUT2D eigenvalue weighted by atomic mass is 10.1. The van der Waals surface area contributed by atoms with Gasteiger partial charge in [0.2, 0.25) is 0 Å². The van der Waals surface area contributed by atoms with Gasteiger partial charge in [-0.2, -0.15) is 0 Å². The lowest BCUT2D eigenvalue weighted by Gasteiger charge is -2.17. The van der Waals surface area contributed by atoms with Crippen LogP contribution < -0.4 is 10.1 Å². The van der Waals surface area contributed by atoms with Crippen LogP contribution in [0.4, 0.5) is 0 Å². The molecule has 3 nitrogen and oxygen atoms in total. The first kappa shape index (κ1) is 12.7. The van der Waals surface area contributed by atoms with Crippen LogP contribution in [-0.2, 0) is 11.2 Å². The molecule has 0 aliphatic rings. The molecule has 0 fully saturated rings. The Labute approximate surface area is 96.8 Å². The Morgan fingerprint density at radius 1 is 1.38 bits per heavy atom. The lowest BCUT2D eigenvalue weighted by Crippen LogP contribution is -2.37. The first-order valence-electron chi connectivity index (χ1n) is 5.50. The number of hydrogen-bond donors (Lipinski definition) is 1. The fourth-order valence-corrected chi connectivity index (χ4v) is 1.68. The number of rotatable bonds is 6. The highest BCUT2D eigenvalue weighted by atomic mass is 16.5. The summed E-state index contributed by atoms with van der Waals surface area (Å²) in [6, 6.07) is 7.91. The second kappa shape index (κ2) is 6.28. The molecule has 1 aromatic carbocycles. The van der Waals surface area contributed by atoms with E-state index >= 15 is 0 Å². The molecule has 0 heterocycles. The molecule has 88 valence electrons. The molecule has 1 aromatic rings. The van der Waals surface area contributed by atoms with E-state index in [1.165, 1.54) is 0 Å². The van der Waals surface area contributed by atoms with E-state index in [0.29, 0.717) is 12.5 Å². The molecule has 0 spiro atoms. The zero-order chi connectivity index (χ0) is 12.0. The van der Waals surface area contributed by atoms with E-state index in [2.05, 4.69) is 5.32 Å². The molecule has 1 N–H and O–H groups in total. The summed E-state index contributed by atoms with van der Waals surface area (Å²) in [5.74, 6) is 0.833. The first-order valence-corrected chi connectivity index (χ1v) is 5.50. The minimum absolute atomic E-state index is 0.156. The van der Waals surface area contributed by atoms with Crippen molar-refractivity contribution in [3.63, 3.8) is 0 Å². The maximum atomic E-state index is 10.9. The van der Waals surface area contributed by atoms with Gasteiger partial charge in [-0.25, -0.2) is 0 Å². The normalized spacial score (nSPS) is 12.5. The fraction of sp³-hybridized carbons (Fsp3) is 0.462. The van der Waals surface area contributed by atoms with Crippen molar-refractivity contribution in [1.29, 1.82) is 0 Å². The van der Waals surface area contributed by atoms with Crippen LogP contribution in [0, 0.1) is 0 Å². The molecular weight excluding hydrogens is 202 g/mol. The summed E-state index contributed by atoms with van der Waals surface area (Å²) in [5, 5.41) is 3.21. The summed E-state index contributed by atoms with van der Waals surface area (Å²) in [5.41, 5.74) is 1.05. The van der Waals surface area contributed by atoms with E-state index < -0.39 is 0 Å². The minimum Gasteiger partial charge on any atom is -0.496 e.